The van der Waals surface area contributed by atoms with Gasteiger partial charge in [0.25, 0.3) is 0 Å². The summed E-state index contributed by atoms with van der Waals surface area (Å²) in [4.78, 5) is 0. The predicted molar refractivity (Wildman–Crippen MR) is 83.2 cm³/mol. The summed E-state index contributed by atoms with van der Waals surface area (Å²) in [5, 5.41) is 10.9. The Hall–Kier alpha value is -1.85. The van der Waals surface area contributed by atoms with Gasteiger partial charge in [0.05, 0.1) is 20.1 Å². The lowest BCUT2D eigenvalue weighted by atomic mass is 10.0. The molecule has 2 aromatic rings. The van der Waals surface area contributed by atoms with Gasteiger partial charge >= 0.3 is 0 Å². The van der Waals surface area contributed by atoms with E-state index in [0.29, 0.717) is 0 Å². The van der Waals surface area contributed by atoms with Crippen molar-refractivity contribution in [3.05, 3.63) is 66.2 Å². The molecule has 0 radical (unpaired) electrons. The minimum Gasteiger partial charge on any atom is -0.198 e. The van der Waals surface area contributed by atoms with E-state index in [4.69, 9.17) is 0 Å². The Morgan fingerprint density at radius 3 is 2.00 bits per heavy atom. The number of nitriles is 1. The maximum Gasteiger partial charge on any atom is 0.0822 e. The molecule has 0 spiro atoms. The number of benzene rings is 2. The molecule has 0 N–H and O–H groups in total. The second-order valence-corrected chi connectivity index (χ2v) is 10.3. The zero-order chi connectivity index (χ0) is 13.7. The first kappa shape index (κ1) is 13.6. The van der Waals surface area contributed by atoms with E-state index in [0.717, 1.165) is 11.6 Å². The zero-order valence-electron chi connectivity index (χ0n) is 11.5. The minimum atomic E-state index is -1.57. The predicted octanol–water partition coefficient (Wildman–Crippen LogP) is 3.91. The fourth-order valence-corrected chi connectivity index (χ4v) is 5.12. The van der Waals surface area contributed by atoms with Crippen molar-refractivity contribution < 1.29 is 0 Å². The maximum atomic E-state index is 9.46. The van der Waals surface area contributed by atoms with E-state index in [-0.39, 0.29) is 5.92 Å². The number of hydrogen-bond donors (Lipinski definition) is 0. The molecule has 0 aromatic heterocycles. The van der Waals surface area contributed by atoms with Crippen LogP contribution in [0.2, 0.25) is 19.1 Å². The van der Waals surface area contributed by atoms with Crippen LogP contribution in [0.5, 0.6) is 0 Å². The van der Waals surface area contributed by atoms with Gasteiger partial charge in [0, 0.05) is 0 Å². The standard InChI is InChI=1S/C17H19NSi/c1-19(2,17-11-7-4-8-12-17)14-16(13-18)15-9-5-3-6-10-15/h3-12,16H,14H2,1-2H3. The molecule has 0 amide bonds. The molecule has 0 heterocycles. The zero-order valence-corrected chi connectivity index (χ0v) is 12.5. The highest BCUT2D eigenvalue weighted by atomic mass is 28.3. The number of nitrogens with zero attached hydrogens (tertiary/aromatic N) is 1. The van der Waals surface area contributed by atoms with E-state index < -0.39 is 8.07 Å². The Balaban J connectivity index is 2.22. The summed E-state index contributed by atoms with van der Waals surface area (Å²) in [5.41, 5.74) is 1.14. The van der Waals surface area contributed by atoms with Crippen molar-refractivity contribution in [3.8, 4) is 6.07 Å². The molecular formula is C17H19NSi. The van der Waals surface area contributed by atoms with E-state index in [2.05, 4.69) is 55.6 Å². The van der Waals surface area contributed by atoms with Crippen LogP contribution in [0.4, 0.5) is 0 Å². The molecule has 1 nitrogen and oxygen atoms in total. The van der Waals surface area contributed by atoms with E-state index in [1.165, 1.54) is 5.19 Å². The molecule has 19 heavy (non-hydrogen) atoms. The van der Waals surface area contributed by atoms with Gasteiger partial charge in [0.15, 0.2) is 0 Å². The summed E-state index contributed by atoms with van der Waals surface area (Å²) >= 11 is 0. The first-order valence-corrected chi connectivity index (χ1v) is 9.84. The lowest BCUT2D eigenvalue weighted by molar-refractivity contribution is 0.956. The van der Waals surface area contributed by atoms with Crippen LogP contribution in [-0.2, 0) is 0 Å². The number of hydrogen-bond acceptors (Lipinski definition) is 1. The third kappa shape index (κ3) is 3.33. The Kier molecular flexibility index (Phi) is 4.19. The van der Waals surface area contributed by atoms with E-state index in [9.17, 15) is 5.26 Å². The van der Waals surface area contributed by atoms with Crippen LogP contribution >= 0.6 is 0 Å². The first-order chi connectivity index (χ1) is 9.13. The van der Waals surface area contributed by atoms with Gasteiger partial charge in [-0.1, -0.05) is 78.9 Å². The summed E-state index contributed by atoms with van der Waals surface area (Å²) < 4.78 is 0. The highest BCUT2D eigenvalue weighted by molar-refractivity contribution is 6.89. The third-order valence-electron chi connectivity index (χ3n) is 3.63. The van der Waals surface area contributed by atoms with Crippen molar-refractivity contribution in [2.45, 2.75) is 25.1 Å². The second kappa shape index (κ2) is 5.86. The maximum absolute atomic E-state index is 9.46. The molecule has 0 aliphatic carbocycles. The fraction of sp³-hybridized carbons (Fsp3) is 0.235. The molecule has 0 saturated heterocycles. The van der Waals surface area contributed by atoms with Crippen molar-refractivity contribution >= 4 is 13.3 Å². The molecular weight excluding hydrogens is 246 g/mol. The molecule has 0 aliphatic rings. The van der Waals surface area contributed by atoms with Crippen molar-refractivity contribution in [2.24, 2.45) is 0 Å². The van der Waals surface area contributed by atoms with Gasteiger partial charge in [-0.05, 0) is 11.6 Å². The highest BCUT2D eigenvalue weighted by Crippen LogP contribution is 2.25. The molecule has 0 aliphatic heterocycles. The van der Waals surface area contributed by atoms with Gasteiger partial charge in [-0.3, -0.25) is 0 Å². The molecule has 1 unspecified atom stereocenters. The Morgan fingerprint density at radius 1 is 0.947 bits per heavy atom. The van der Waals surface area contributed by atoms with Crippen molar-refractivity contribution in [2.75, 3.05) is 0 Å². The largest absolute Gasteiger partial charge is 0.198 e. The molecule has 2 heteroatoms. The summed E-state index contributed by atoms with van der Waals surface area (Å²) in [5.74, 6) is 0.00285. The normalized spacial score (nSPS) is 12.7. The van der Waals surface area contributed by atoms with E-state index >= 15 is 0 Å². The Bertz CT molecular complexity index is 555. The monoisotopic (exact) mass is 265 g/mol. The summed E-state index contributed by atoms with van der Waals surface area (Å²) in [6, 6.07) is 24.2. The van der Waals surface area contributed by atoms with Crippen LogP contribution in [0, 0.1) is 11.3 Å². The van der Waals surface area contributed by atoms with Crippen LogP contribution in [0.1, 0.15) is 11.5 Å². The van der Waals surface area contributed by atoms with Gasteiger partial charge in [-0.2, -0.15) is 5.26 Å². The van der Waals surface area contributed by atoms with Gasteiger partial charge in [0.1, 0.15) is 0 Å². The molecule has 2 aromatic carbocycles. The first-order valence-electron chi connectivity index (χ1n) is 6.63. The van der Waals surface area contributed by atoms with Crippen LogP contribution < -0.4 is 5.19 Å². The average molecular weight is 265 g/mol. The number of rotatable bonds is 4. The van der Waals surface area contributed by atoms with Crippen molar-refractivity contribution in [1.82, 2.24) is 0 Å². The van der Waals surface area contributed by atoms with Crippen LogP contribution in [0.15, 0.2) is 60.7 Å². The van der Waals surface area contributed by atoms with Gasteiger partial charge in [-0.15, -0.1) is 0 Å². The SMILES string of the molecule is C[Si](C)(CC(C#N)c1ccccc1)c1ccccc1. The Labute approximate surface area is 116 Å². The lowest BCUT2D eigenvalue weighted by Crippen LogP contribution is -2.42. The third-order valence-corrected chi connectivity index (χ3v) is 6.95. The minimum absolute atomic E-state index is 0.00285. The van der Waals surface area contributed by atoms with E-state index in [1.807, 2.05) is 24.3 Å². The average Bonchev–Trinajstić information content (AvgIpc) is 2.47. The smallest absolute Gasteiger partial charge is 0.0822 e. The molecule has 96 valence electrons. The topological polar surface area (TPSA) is 23.8 Å². The Morgan fingerprint density at radius 2 is 1.47 bits per heavy atom. The second-order valence-electron chi connectivity index (χ2n) is 5.55. The van der Waals surface area contributed by atoms with Crippen molar-refractivity contribution in [1.29, 1.82) is 5.26 Å². The fourth-order valence-electron chi connectivity index (χ4n) is 2.44. The summed E-state index contributed by atoms with van der Waals surface area (Å²) in [7, 11) is -1.57. The van der Waals surface area contributed by atoms with Gasteiger partial charge in [0.2, 0.25) is 0 Å². The molecule has 2 rings (SSSR count). The summed E-state index contributed by atoms with van der Waals surface area (Å²) in [6.07, 6.45) is 0. The van der Waals surface area contributed by atoms with E-state index in [1.54, 1.807) is 0 Å². The molecule has 0 fully saturated rings. The van der Waals surface area contributed by atoms with Crippen LogP contribution in [0.3, 0.4) is 0 Å². The van der Waals surface area contributed by atoms with Gasteiger partial charge in [-0.25, -0.2) is 0 Å². The van der Waals surface area contributed by atoms with Crippen molar-refractivity contribution in [3.63, 3.8) is 0 Å². The van der Waals surface area contributed by atoms with Gasteiger partial charge < -0.3 is 0 Å². The molecule has 1 atom stereocenters. The molecule has 0 bridgehead atoms. The summed E-state index contributed by atoms with van der Waals surface area (Å²) in [6.45, 7) is 4.69. The van der Waals surface area contributed by atoms with Crippen LogP contribution in [-0.4, -0.2) is 8.07 Å². The highest BCUT2D eigenvalue weighted by Gasteiger charge is 2.28. The molecule has 0 saturated carbocycles. The van der Waals surface area contributed by atoms with Crippen LogP contribution in [0.25, 0.3) is 0 Å². The lowest BCUT2D eigenvalue weighted by Gasteiger charge is -2.25. The quantitative estimate of drug-likeness (QED) is 0.769.